The summed E-state index contributed by atoms with van der Waals surface area (Å²) in [6, 6.07) is 0. The Morgan fingerprint density at radius 1 is 1.64 bits per heavy atom. The number of hydrogen-bond donors (Lipinski definition) is 0. The van der Waals surface area contributed by atoms with Crippen LogP contribution in [0.15, 0.2) is 11.5 Å². The van der Waals surface area contributed by atoms with Crippen molar-refractivity contribution in [2.45, 2.75) is 19.3 Å². The fourth-order valence-electron chi connectivity index (χ4n) is 0.631. The third-order valence-corrected chi connectivity index (χ3v) is 1.68. The van der Waals surface area contributed by atoms with Crippen molar-refractivity contribution in [3.63, 3.8) is 0 Å². The van der Waals surface area contributed by atoms with Crippen molar-refractivity contribution in [1.82, 2.24) is 0 Å². The molecule has 0 aromatic heterocycles. The van der Waals surface area contributed by atoms with Crippen LogP contribution in [0.4, 0.5) is 0 Å². The van der Waals surface area contributed by atoms with Gasteiger partial charge >= 0.3 is 5.97 Å². The molecule has 0 spiro atoms. The summed E-state index contributed by atoms with van der Waals surface area (Å²) < 4.78 is 4.49. The molecule has 0 unspecified atom stereocenters. The van der Waals surface area contributed by atoms with Crippen LogP contribution in [0.3, 0.4) is 0 Å². The molecule has 0 aromatic carbocycles. The minimum atomic E-state index is -0.123. The van der Waals surface area contributed by atoms with E-state index in [-0.39, 0.29) is 5.97 Å². The van der Waals surface area contributed by atoms with E-state index in [2.05, 4.69) is 10.8 Å². The van der Waals surface area contributed by atoms with Gasteiger partial charge < -0.3 is 4.74 Å². The van der Waals surface area contributed by atoms with Gasteiger partial charge in [-0.15, -0.1) is 11.8 Å². The number of carbonyl (C=O) groups excluding carboxylic acids is 1. The summed E-state index contributed by atoms with van der Waals surface area (Å²) in [7, 11) is 1.42. The standard InChI is InChI=1S/C8H14O2S/c1-10-8(9)6-4-3-5-7-11-2/h5,7H,3-4,6H2,1-2H3/b7-5+. The molecule has 0 amide bonds. The topological polar surface area (TPSA) is 26.3 Å². The average Bonchev–Trinajstić information content (AvgIpc) is 2.04. The van der Waals surface area contributed by atoms with Crippen molar-refractivity contribution in [3.8, 4) is 0 Å². The average molecular weight is 174 g/mol. The molecule has 0 radical (unpaired) electrons. The van der Waals surface area contributed by atoms with Crippen molar-refractivity contribution in [1.29, 1.82) is 0 Å². The normalized spacial score (nSPS) is 10.4. The summed E-state index contributed by atoms with van der Waals surface area (Å²) in [6.07, 6.45) is 6.43. The van der Waals surface area contributed by atoms with E-state index < -0.39 is 0 Å². The third kappa shape index (κ3) is 7.46. The molecule has 64 valence electrons. The van der Waals surface area contributed by atoms with E-state index in [0.29, 0.717) is 6.42 Å². The van der Waals surface area contributed by atoms with Crippen LogP contribution in [-0.4, -0.2) is 19.3 Å². The first kappa shape index (κ1) is 10.6. The Balaban J connectivity index is 3.14. The highest BCUT2D eigenvalue weighted by molar-refractivity contribution is 8.01. The lowest BCUT2D eigenvalue weighted by molar-refractivity contribution is -0.140. The molecule has 0 heterocycles. The van der Waals surface area contributed by atoms with Gasteiger partial charge in [-0.1, -0.05) is 6.08 Å². The molecule has 3 heteroatoms. The number of rotatable bonds is 5. The van der Waals surface area contributed by atoms with Gasteiger partial charge in [-0.3, -0.25) is 4.79 Å². The number of allylic oxidation sites excluding steroid dienone is 1. The number of ether oxygens (including phenoxy) is 1. The van der Waals surface area contributed by atoms with E-state index in [9.17, 15) is 4.79 Å². The Morgan fingerprint density at radius 3 is 2.91 bits per heavy atom. The van der Waals surface area contributed by atoms with Crippen molar-refractivity contribution < 1.29 is 9.53 Å². The van der Waals surface area contributed by atoms with Gasteiger partial charge in [0.05, 0.1) is 7.11 Å². The Kier molecular flexibility index (Phi) is 7.36. The van der Waals surface area contributed by atoms with Gasteiger partial charge in [-0.2, -0.15) is 0 Å². The zero-order valence-corrected chi connectivity index (χ0v) is 7.82. The number of methoxy groups -OCH3 is 1. The van der Waals surface area contributed by atoms with Gasteiger partial charge in [-0.05, 0) is 24.5 Å². The number of thioether (sulfide) groups is 1. The Bertz CT molecular complexity index is 132. The number of hydrogen-bond acceptors (Lipinski definition) is 3. The predicted molar refractivity (Wildman–Crippen MR) is 48.5 cm³/mol. The summed E-state index contributed by atoms with van der Waals surface area (Å²) >= 11 is 1.67. The minimum absolute atomic E-state index is 0.123. The van der Waals surface area contributed by atoms with E-state index in [1.54, 1.807) is 11.8 Å². The maximum absolute atomic E-state index is 10.6. The number of unbranched alkanes of at least 4 members (excludes halogenated alkanes) is 1. The highest BCUT2D eigenvalue weighted by Gasteiger charge is 1.96. The fraction of sp³-hybridized carbons (Fsp3) is 0.625. The first-order chi connectivity index (χ1) is 5.31. The van der Waals surface area contributed by atoms with Crippen LogP contribution in [-0.2, 0) is 9.53 Å². The third-order valence-electron chi connectivity index (χ3n) is 1.21. The van der Waals surface area contributed by atoms with Crippen molar-refractivity contribution in [2.24, 2.45) is 0 Å². The molecule has 0 aliphatic heterocycles. The molecule has 0 fully saturated rings. The van der Waals surface area contributed by atoms with Crippen LogP contribution in [0.2, 0.25) is 0 Å². The lowest BCUT2D eigenvalue weighted by atomic mass is 10.2. The fourth-order valence-corrected chi connectivity index (χ4v) is 0.959. The van der Waals surface area contributed by atoms with E-state index in [4.69, 9.17) is 0 Å². The maximum atomic E-state index is 10.6. The summed E-state index contributed by atoms with van der Waals surface area (Å²) in [6.45, 7) is 0. The maximum Gasteiger partial charge on any atom is 0.305 e. The molecule has 2 nitrogen and oxygen atoms in total. The lowest BCUT2D eigenvalue weighted by Gasteiger charge is -1.94. The second kappa shape index (κ2) is 7.66. The van der Waals surface area contributed by atoms with Crippen LogP contribution >= 0.6 is 11.8 Å². The van der Waals surface area contributed by atoms with E-state index in [1.165, 1.54) is 7.11 Å². The Labute approximate surface area is 72.0 Å². The van der Waals surface area contributed by atoms with Gasteiger partial charge in [0.15, 0.2) is 0 Å². The molecule has 0 bridgehead atoms. The zero-order chi connectivity index (χ0) is 8.53. The molecule has 0 aliphatic carbocycles. The first-order valence-corrected chi connectivity index (χ1v) is 4.84. The van der Waals surface area contributed by atoms with E-state index in [1.807, 2.05) is 11.7 Å². The molecule has 0 aromatic rings. The second-order valence-electron chi connectivity index (χ2n) is 2.08. The molecule has 0 rings (SSSR count). The quantitative estimate of drug-likeness (QED) is 0.472. The largest absolute Gasteiger partial charge is 0.469 e. The molecule has 0 saturated carbocycles. The molecule has 0 atom stereocenters. The number of carbonyl (C=O) groups is 1. The van der Waals surface area contributed by atoms with Crippen LogP contribution in [0.1, 0.15) is 19.3 Å². The van der Waals surface area contributed by atoms with Gasteiger partial charge in [0.25, 0.3) is 0 Å². The molecular weight excluding hydrogens is 160 g/mol. The van der Waals surface area contributed by atoms with Gasteiger partial charge in [0.2, 0.25) is 0 Å². The lowest BCUT2D eigenvalue weighted by Crippen LogP contribution is -1.98. The van der Waals surface area contributed by atoms with Gasteiger partial charge in [-0.25, -0.2) is 0 Å². The monoisotopic (exact) mass is 174 g/mol. The Hall–Kier alpha value is -0.440. The zero-order valence-electron chi connectivity index (χ0n) is 7.00. The highest BCUT2D eigenvalue weighted by Crippen LogP contribution is 2.01. The van der Waals surface area contributed by atoms with Crippen LogP contribution < -0.4 is 0 Å². The summed E-state index contributed by atoms with van der Waals surface area (Å²) in [5.74, 6) is -0.123. The summed E-state index contributed by atoms with van der Waals surface area (Å²) in [4.78, 5) is 10.6. The van der Waals surface area contributed by atoms with Gasteiger partial charge in [0.1, 0.15) is 0 Å². The van der Waals surface area contributed by atoms with E-state index in [0.717, 1.165) is 12.8 Å². The summed E-state index contributed by atoms with van der Waals surface area (Å²) in [5.41, 5.74) is 0. The first-order valence-electron chi connectivity index (χ1n) is 3.56. The minimum Gasteiger partial charge on any atom is -0.469 e. The molecule has 0 aliphatic rings. The SMILES string of the molecule is COC(=O)CCC/C=C/SC. The second-order valence-corrected chi connectivity index (χ2v) is 2.82. The summed E-state index contributed by atoms with van der Waals surface area (Å²) in [5, 5.41) is 2.03. The molecule has 0 saturated heterocycles. The molecule has 11 heavy (non-hydrogen) atoms. The van der Waals surface area contributed by atoms with Gasteiger partial charge in [0, 0.05) is 6.42 Å². The van der Waals surface area contributed by atoms with Crippen LogP contribution in [0.5, 0.6) is 0 Å². The smallest absolute Gasteiger partial charge is 0.305 e. The van der Waals surface area contributed by atoms with Crippen molar-refractivity contribution >= 4 is 17.7 Å². The van der Waals surface area contributed by atoms with Crippen molar-refractivity contribution in [3.05, 3.63) is 11.5 Å². The Morgan fingerprint density at radius 2 is 2.36 bits per heavy atom. The number of esters is 1. The predicted octanol–water partition coefficient (Wildman–Crippen LogP) is 2.21. The molecular formula is C8H14O2S. The van der Waals surface area contributed by atoms with Crippen LogP contribution in [0.25, 0.3) is 0 Å². The highest BCUT2D eigenvalue weighted by atomic mass is 32.2. The van der Waals surface area contributed by atoms with E-state index >= 15 is 0 Å². The van der Waals surface area contributed by atoms with Crippen molar-refractivity contribution in [2.75, 3.05) is 13.4 Å². The van der Waals surface area contributed by atoms with Crippen LogP contribution in [0, 0.1) is 0 Å². The molecule has 0 N–H and O–H groups in total.